The van der Waals surface area contributed by atoms with Crippen LogP contribution in [0.1, 0.15) is 251 Å². The summed E-state index contributed by atoms with van der Waals surface area (Å²) in [5.74, 6) is -0.238. The lowest BCUT2D eigenvalue weighted by molar-refractivity contribution is -0.359. The Balaban J connectivity index is 1.75. The number of hydrogen-bond donors (Lipinski definition) is 9. The van der Waals surface area contributed by atoms with Gasteiger partial charge in [-0.3, -0.25) is 4.79 Å². The van der Waals surface area contributed by atoms with Crippen molar-refractivity contribution in [3.8, 4) is 0 Å². The zero-order valence-corrected chi connectivity index (χ0v) is 46.1. The lowest BCUT2D eigenvalue weighted by atomic mass is 9.97. The first kappa shape index (κ1) is 67.6. The fourth-order valence-electron chi connectivity index (χ4n) is 9.99. The molecule has 73 heavy (non-hydrogen) atoms. The van der Waals surface area contributed by atoms with Crippen LogP contribution in [-0.4, -0.2) is 140 Å². The van der Waals surface area contributed by atoms with E-state index in [1.807, 2.05) is 6.08 Å². The summed E-state index contributed by atoms with van der Waals surface area (Å²) in [4.78, 5) is 13.3. The van der Waals surface area contributed by atoms with E-state index in [2.05, 4.69) is 31.3 Å². The highest BCUT2D eigenvalue weighted by atomic mass is 16.7. The third kappa shape index (κ3) is 31.5. The molecule has 0 spiro atoms. The molecule has 9 N–H and O–H groups in total. The average molecular weight is 1040 g/mol. The van der Waals surface area contributed by atoms with Crippen molar-refractivity contribution in [1.29, 1.82) is 0 Å². The summed E-state index contributed by atoms with van der Waals surface area (Å²) in [6.45, 7) is 2.82. The maximum absolute atomic E-state index is 13.3. The smallest absolute Gasteiger partial charge is 0.220 e. The molecule has 12 atom stereocenters. The van der Waals surface area contributed by atoms with Crippen LogP contribution in [0, 0.1) is 0 Å². The molecule has 0 aromatic carbocycles. The quantitative estimate of drug-likeness (QED) is 0.0204. The predicted octanol–water partition coefficient (Wildman–Crippen LogP) is 10.1. The van der Waals surface area contributed by atoms with Crippen LogP contribution in [0.3, 0.4) is 0 Å². The van der Waals surface area contributed by atoms with E-state index in [1.165, 1.54) is 186 Å². The summed E-state index contributed by atoms with van der Waals surface area (Å²) < 4.78 is 22.8. The molecule has 0 saturated carbocycles. The van der Waals surface area contributed by atoms with Crippen molar-refractivity contribution in [2.75, 3.05) is 19.8 Å². The number of allylic oxidation sites excluding steroid dienone is 3. The van der Waals surface area contributed by atoms with E-state index in [1.54, 1.807) is 6.08 Å². The number of carbonyl (C=O) groups excluding carboxylic acids is 1. The second-order valence-corrected chi connectivity index (χ2v) is 21.5. The van der Waals surface area contributed by atoms with Crippen molar-refractivity contribution in [2.24, 2.45) is 0 Å². The number of ether oxygens (including phenoxy) is 4. The van der Waals surface area contributed by atoms with Crippen LogP contribution in [0.5, 0.6) is 0 Å². The molecular weight excluding hydrogens is 931 g/mol. The average Bonchev–Trinajstić information content (AvgIpc) is 3.39. The summed E-state index contributed by atoms with van der Waals surface area (Å²) >= 11 is 0. The van der Waals surface area contributed by atoms with Gasteiger partial charge in [0.25, 0.3) is 0 Å². The third-order valence-electron chi connectivity index (χ3n) is 14.9. The highest BCUT2D eigenvalue weighted by Gasteiger charge is 2.51. The number of aliphatic hydroxyl groups excluding tert-OH is 8. The Morgan fingerprint density at radius 3 is 1.30 bits per heavy atom. The number of hydrogen-bond acceptors (Lipinski definition) is 13. The summed E-state index contributed by atoms with van der Waals surface area (Å²) in [5.41, 5.74) is 0. The van der Waals surface area contributed by atoms with Crippen LogP contribution in [0.2, 0.25) is 0 Å². The molecule has 2 heterocycles. The van der Waals surface area contributed by atoms with Crippen molar-refractivity contribution >= 4 is 5.91 Å². The molecule has 2 saturated heterocycles. The van der Waals surface area contributed by atoms with Gasteiger partial charge in [0.05, 0.1) is 32.0 Å². The van der Waals surface area contributed by atoms with Crippen molar-refractivity contribution in [3.63, 3.8) is 0 Å². The predicted molar refractivity (Wildman–Crippen MR) is 291 cm³/mol. The van der Waals surface area contributed by atoms with Crippen molar-refractivity contribution in [2.45, 2.75) is 325 Å². The Kier molecular flexibility index (Phi) is 42.1. The molecule has 0 radical (unpaired) electrons. The summed E-state index contributed by atoms with van der Waals surface area (Å²) in [5, 5.41) is 87.1. The van der Waals surface area contributed by atoms with Gasteiger partial charge >= 0.3 is 0 Å². The number of carbonyl (C=O) groups is 1. The minimum Gasteiger partial charge on any atom is -0.394 e. The van der Waals surface area contributed by atoms with Crippen molar-refractivity contribution < 1.29 is 64.6 Å². The molecule has 12 unspecified atom stereocenters. The van der Waals surface area contributed by atoms with Gasteiger partial charge in [0, 0.05) is 6.42 Å². The second kappa shape index (κ2) is 45.5. The van der Waals surface area contributed by atoms with Crippen LogP contribution in [-0.2, 0) is 23.7 Å². The van der Waals surface area contributed by atoms with Gasteiger partial charge in [-0.2, -0.15) is 0 Å². The molecule has 0 aromatic heterocycles. The molecule has 2 rings (SSSR count). The number of unbranched alkanes of at least 4 members (excludes halogenated alkanes) is 33. The molecule has 0 aromatic rings. The molecule has 14 nitrogen and oxygen atoms in total. The van der Waals surface area contributed by atoms with Gasteiger partial charge in [-0.05, 0) is 44.9 Å². The largest absolute Gasteiger partial charge is 0.394 e. The van der Waals surface area contributed by atoms with Gasteiger partial charge < -0.3 is 65.1 Å². The zero-order valence-electron chi connectivity index (χ0n) is 46.1. The number of rotatable bonds is 48. The van der Waals surface area contributed by atoms with Gasteiger partial charge in [-0.15, -0.1) is 0 Å². The van der Waals surface area contributed by atoms with E-state index >= 15 is 0 Å². The normalized spacial score (nSPS) is 25.5. The topological polar surface area (TPSA) is 228 Å². The van der Waals surface area contributed by atoms with Crippen molar-refractivity contribution in [3.05, 3.63) is 24.3 Å². The lowest BCUT2D eigenvalue weighted by Gasteiger charge is -2.46. The zero-order chi connectivity index (χ0) is 53.2. The van der Waals surface area contributed by atoms with Gasteiger partial charge in [-0.25, -0.2) is 0 Å². The summed E-state index contributed by atoms with van der Waals surface area (Å²) in [6, 6.07) is -0.912. The highest BCUT2D eigenvalue weighted by Crippen LogP contribution is 2.30. The van der Waals surface area contributed by atoms with Crippen molar-refractivity contribution in [1.82, 2.24) is 5.32 Å². The molecular formula is C59H111NO13. The first-order chi connectivity index (χ1) is 35.6. The van der Waals surface area contributed by atoms with E-state index in [0.717, 1.165) is 38.5 Å². The molecule has 2 aliphatic rings. The monoisotopic (exact) mass is 1040 g/mol. The highest BCUT2D eigenvalue weighted by molar-refractivity contribution is 5.76. The third-order valence-corrected chi connectivity index (χ3v) is 14.9. The van der Waals surface area contributed by atoms with Crippen LogP contribution in [0.4, 0.5) is 0 Å². The van der Waals surface area contributed by atoms with E-state index in [9.17, 15) is 45.6 Å². The summed E-state index contributed by atoms with van der Waals surface area (Å²) in [6.07, 6.45) is 36.4. The molecule has 2 aliphatic heterocycles. The Hall–Kier alpha value is -1.53. The standard InChI is InChI=1S/C59H111NO13/c1-3-5-7-9-11-13-15-17-19-21-22-23-24-25-26-27-29-31-33-35-37-39-41-43-51(64)60-47(48(63)42-40-38-36-34-32-30-28-20-18-16-14-12-10-8-6-4-2)46-70-58-56(69)54(67)57(50(45-62)72-58)73-59-55(68)53(66)52(65)49(44-61)71-59/h21-22,40,42,47-50,52-59,61-63,65-69H,3-20,23-39,41,43-46H2,1-2H3,(H,60,64)/b22-21-,42-40+. The Labute approximate surface area is 443 Å². The minimum absolute atomic E-state index is 0.238. The van der Waals surface area contributed by atoms with Gasteiger partial charge in [-0.1, -0.05) is 224 Å². The minimum atomic E-state index is -1.79. The first-order valence-electron chi connectivity index (χ1n) is 30.1. The van der Waals surface area contributed by atoms with E-state index in [-0.39, 0.29) is 18.9 Å². The van der Waals surface area contributed by atoms with Crippen LogP contribution >= 0.6 is 0 Å². The Morgan fingerprint density at radius 1 is 0.479 bits per heavy atom. The number of aliphatic hydroxyl groups is 8. The maximum Gasteiger partial charge on any atom is 0.220 e. The second-order valence-electron chi connectivity index (χ2n) is 21.5. The van der Waals surface area contributed by atoms with Crippen LogP contribution < -0.4 is 5.32 Å². The molecule has 14 heteroatoms. The molecule has 430 valence electrons. The lowest BCUT2D eigenvalue weighted by Crippen LogP contribution is -2.65. The fraction of sp³-hybridized carbons (Fsp3) is 0.915. The van der Waals surface area contributed by atoms with E-state index in [4.69, 9.17) is 18.9 Å². The van der Waals surface area contributed by atoms with E-state index in [0.29, 0.717) is 6.42 Å². The number of amides is 1. The Morgan fingerprint density at radius 2 is 0.863 bits per heavy atom. The fourth-order valence-corrected chi connectivity index (χ4v) is 9.99. The first-order valence-corrected chi connectivity index (χ1v) is 30.1. The molecule has 0 bridgehead atoms. The van der Waals surface area contributed by atoms with Gasteiger partial charge in [0.2, 0.25) is 5.91 Å². The van der Waals surface area contributed by atoms with Crippen LogP contribution in [0.25, 0.3) is 0 Å². The van der Waals surface area contributed by atoms with Gasteiger partial charge in [0.15, 0.2) is 12.6 Å². The molecule has 0 aliphatic carbocycles. The SMILES string of the molecule is CCCCCCCCCC/C=C\CCCCCCCCCCCCCC(=O)NC(COC1OC(CO)C(OC2OC(CO)C(O)C(O)C2O)C(O)C1O)C(O)/C=C/CCCCCCCCCCCCCCCC. The molecule has 2 fully saturated rings. The Bertz CT molecular complexity index is 1320. The van der Waals surface area contributed by atoms with Crippen LogP contribution in [0.15, 0.2) is 24.3 Å². The van der Waals surface area contributed by atoms with Gasteiger partial charge in [0.1, 0.15) is 48.8 Å². The molecule has 1 amide bonds. The number of nitrogens with one attached hydrogen (secondary N) is 1. The van der Waals surface area contributed by atoms with E-state index < -0.39 is 86.8 Å². The summed E-state index contributed by atoms with van der Waals surface area (Å²) in [7, 11) is 0. The maximum atomic E-state index is 13.3.